The zero-order valence-electron chi connectivity index (χ0n) is 16.0. The Kier molecular flexibility index (Phi) is 6.95. The minimum atomic E-state index is -1.04. The summed E-state index contributed by atoms with van der Waals surface area (Å²) in [6, 6.07) is 14.6. The number of thioether (sulfide) groups is 1. The molecule has 0 saturated heterocycles. The number of nitrogens with zero attached hydrogens (tertiary/aromatic N) is 3. The molecule has 0 fully saturated rings. The number of aromatic nitrogens is 3. The van der Waals surface area contributed by atoms with Crippen molar-refractivity contribution in [1.29, 1.82) is 0 Å². The molecular formula is C21H20ClN3O3S. The van der Waals surface area contributed by atoms with Gasteiger partial charge in [-0.1, -0.05) is 29.8 Å². The van der Waals surface area contributed by atoms with Crippen LogP contribution in [0.4, 0.5) is 0 Å². The van der Waals surface area contributed by atoms with E-state index < -0.39 is 5.97 Å². The maximum atomic E-state index is 11.9. The van der Waals surface area contributed by atoms with Crippen LogP contribution in [0.15, 0.2) is 58.6 Å². The van der Waals surface area contributed by atoms with Crippen LogP contribution in [0.2, 0.25) is 5.02 Å². The predicted molar refractivity (Wildman–Crippen MR) is 115 cm³/mol. The van der Waals surface area contributed by atoms with Crippen molar-refractivity contribution in [3.05, 3.63) is 64.0 Å². The van der Waals surface area contributed by atoms with Crippen LogP contribution in [0, 0.1) is 0 Å². The molecule has 6 nitrogen and oxygen atoms in total. The highest BCUT2D eigenvalue weighted by Gasteiger charge is 2.18. The van der Waals surface area contributed by atoms with Crippen molar-refractivity contribution < 1.29 is 14.6 Å². The van der Waals surface area contributed by atoms with E-state index in [2.05, 4.69) is 10.2 Å². The summed E-state index contributed by atoms with van der Waals surface area (Å²) < 4.78 is 7.47. The Hall–Kier alpha value is -2.77. The maximum absolute atomic E-state index is 11.9. The van der Waals surface area contributed by atoms with Crippen molar-refractivity contribution in [3.63, 3.8) is 0 Å². The van der Waals surface area contributed by atoms with Crippen LogP contribution in [0.5, 0.6) is 5.75 Å². The van der Waals surface area contributed by atoms with Gasteiger partial charge in [0, 0.05) is 22.7 Å². The van der Waals surface area contributed by atoms with Crippen LogP contribution in [0.1, 0.15) is 19.4 Å². The SMILES string of the molecule is CCOc1ccccc1/C=C(\Sc1nnc(-c2ccc(Cl)cc2)n1CC)C(=O)O. The topological polar surface area (TPSA) is 77.2 Å². The lowest BCUT2D eigenvalue weighted by atomic mass is 10.2. The van der Waals surface area contributed by atoms with E-state index in [-0.39, 0.29) is 4.91 Å². The lowest BCUT2D eigenvalue weighted by Gasteiger charge is -2.09. The average Bonchev–Trinajstić information content (AvgIpc) is 3.12. The summed E-state index contributed by atoms with van der Waals surface area (Å²) in [6.07, 6.45) is 1.59. The van der Waals surface area contributed by atoms with Crippen LogP contribution >= 0.6 is 23.4 Å². The Bertz CT molecular complexity index is 1030. The van der Waals surface area contributed by atoms with Gasteiger partial charge in [0.15, 0.2) is 11.0 Å². The first kappa shape index (κ1) is 21.0. The van der Waals surface area contributed by atoms with Gasteiger partial charge in [-0.05, 0) is 62.0 Å². The molecule has 0 unspecified atom stereocenters. The van der Waals surface area contributed by atoms with E-state index in [1.807, 2.05) is 54.8 Å². The normalized spacial score (nSPS) is 11.5. The average molecular weight is 430 g/mol. The van der Waals surface area contributed by atoms with Gasteiger partial charge in [-0.2, -0.15) is 0 Å². The predicted octanol–water partition coefficient (Wildman–Crippen LogP) is 5.23. The first-order valence-electron chi connectivity index (χ1n) is 9.07. The molecule has 0 aliphatic heterocycles. The van der Waals surface area contributed by atoms with Gasteiger partial charge in [-0.15, -0.1) is 10.2 Å². The number of rotatable bonds is 8. The Labute approximate surface area is 178 Å². The Balaban J connectivity index is 1.96. The molecule has 150 valence electrons. The molecule has 0 saturated carbocycles. The second kappa shape index (κ2) is 9.62. The highest BCUT2D eigenvalue weighted by molar-refractivity contribution is 8.04. The molecule has 1 N–H and O–H groups in total. The number of carbonyl (C=O) groups is 1. The van der Waals surface area contributed by atoms with Gasteiger partial charge in [0.05, 0.1) is 6.61 Å². The quantitative estimate of drug-likeness (QED) is 0.390. The highest BCUT2D eigenvalue weighted by atomic mass is 35.5. The Morgan fingerprint density at radius 2 is 1.90 bits per heavy atom. The van der Waals surface area contributed by atoms with Crippen molar-refractivity contribution in [3.8, 4) is 17.1 Å². The fourth-order valence-corrected chi connectivity index (χ4v) is 3.73. The lowest BCUT2D eigenvalue weighted by molar-refractivity contribution is -0.131. The van der Waals surface area contributed by atoms with E-state index in [4.69, 9.17) is 16.3 Å². The van der Waals surface area contributed by atoms with Gasteiger partial charge in [0.1, 0.15) is 10.7 Å². The third kappa shape index (κ3) is 4.99. The van der Waals surface area contributed by atoms with Crippen LogP contribution in [-0.2, 0) is 11.3 Å². The zero-order chi connectivity index (χ0) is 20.8. The van der Waals surface area contributed by atoms with E-state index >= 15 is 0 Å². The molecule has 1 aromatic heterocycles. The third-order valence-corrected chi connectivity index (χ3v) is 5.30. The van der Waals surface area contributed by atoms with Crippen LogP contribution in [0.25, 0.3) is 17.5 Å². The number of aliphatic carboxylic acids is 1. The molecule has 8 heteroatoms. The minimum absolute atomic E-state index is 0.127. The Morgan fingerprint density at radius 1 is 1.17 bits per heavy atom. The van der Waals surface area contributed by atoms with Crippen molar-refractivity contribution in [1.82, 2.24) is 14.8 Å². The standard InChI is InChI=1S/C21H20ClN3O3S/c1-3-25-19(14-9-11-16(22)12-10-14)23-24-21(25)29-18(20(26)27)13-15-7-5-6-8-17(15)28-4-2/h5-13H,3-4H2,1-2H3,(H,26,27)/b18-13-. The number of benzene rings is 2. The van der Waals surface area contributed by atoms with Gasteiger partial charge < -0.3 is 14.4 Å². The fourth-order valence-electron chi connectivity index (χ4n) is 2.72. The number of carboxylic acid groups (broad SMARTS) is 1. The molecule has 29 heavy (non-hydrogen) atoms. The zero-order valence-corrected chi connectivity index (χ0v) is 17.6. The van der Waals surface area contributed by atoms with E-state index in [0.29, 0.717) is 40.5 Å². The molecule has 0 aliphatic carbocycles. The molecule has 0 amide bonds. The number of carboxylic acids is 1. The smallest absolute Gasteiger partial charge is 0.342 e. The first-order valence-corrected chi connectivity index (χ1v) is 10.3. The summed E-state index contributed by atoms with van der Waals surface area (Å²) in [5.41, 5.74) is 1.55. The van der Waals surface area contributed by atoms with Crippen molar-refractivity contribution >= 4 is 35.4 Å². The number of halogens is 1. The molecule has 0 bridgehead atoms. The molecule has 1 heterocycles. The molecule has 3 aromatic rings. The summed E-state index contributed by atoms with van der Waals surface area (Å²) in [7, 11) is 0. The molecule has 0 spiro atoms. The van der Waals surface area contributed by atoms with Crippen molar-refractivity contribution in [2.24, 2.45) is 0 Å². The molecule has 2 aromatic carbocycles. The van der Waals surface area contributed by atoms with Crippen molar-refractivity contribution in [2.75, 3.05) is 6.61 Å². The number of hydrogen-bond acceptors (Lipinski definition) is 5. The molecular weight excluding hydrogens is 410 g/mol. The van der Waals surface area contributed by atoms with Gasteiger partial charge in [0.2, 0.25) is 0 Å². The van der Waals surface area contributed by atoms with Gasteiger partial charge in [-0.3, -0.25) is 0 Å². The Morgan fingerprint density at radius 3 is 2.55 bits per heavy atom. The third-order valence-electron chi connectivity index (χ3n) is 4.05. The van der Waals surface area contributed by atoms with E-state index in [1.54, 1.807) is 18.2 Å². The fraction of sp³-hybridized carbons (Fsp3) is 0.190. The van der Waals surface area contributed by atoms with E-state index in [1.165, 1.54) is 0 Å². The summed E-state index contributed by atoms with van der Waals surface area (Å²) in [6.45, 7) is 4.93. The first-order chi connectivity index (χ1) is 14.0. The second-order valence-corrected chi connectivity index (χ2v) is 7.39. The monoisotopic (exact) mass is 429 g/mol. The summed E-state index contributed by atoms with van der Waals surface area (Å²) >= 11 is 7.02. The van der Waals surface area contributed by atoms with Gasteiger partial charge in [-0.25, -0.2) is 4.79 Å². The number of hydrogen-bond donors (Lipinski definition) is 1. The summed E-state index contributed by atoms with van der Waals surface area (Å²) in [5.74, 6) is 0.249. The van der Waals surface area contributed by atoms with E-state index in [0.717, 1.165) is 17.3 Å². The van der Waals surface area contributed by atoms with Crippen LogP contribution in [-0.4, -0.2) is 32.4 Å². The van der Waals surface area contributed by atoms with Crippen LogP contribution in [0.3, 0.4) is 0 Å². The van der Waals surface area contributed by atoms with E-state index in [9.17, 15) is 9.90 Å². The highest BCUT2D eigenvalue weighted by Crippen LogP contribution is 2.32. The lowest BCUT2D eigenvalue weighted by Crippen LogP contribution is -2.03. The van der Waals surface area contributed by atoms with Gasteiger partial charge >= 0.3 is 5.97 Å². The van der Waals surface area contributed by atoms with Crippen molar-refractivity contribution in [2.45, 2.75) is 25.5 Å². The molecule has 0 aliphatic rings. The molecule has 0 atom stereocenters. The summed E-state index contributed by atoms with van der Waals surface area (Å²) in [5, 5.41) is 19.3. The number of para-hydroxylation sites is 1. The maximum Gasteiger partial charge on any atom is 0.342 e. The number of ether oxygens (including phenoxy) is 1. The minimum Gasteiger partial charge on any atom is -0.493 e. The van der Waals surface area contributed by atoms with Crippen LogP contribution < -0.4 is 4.74 Å². The molecule has 0 radical (unpaired) electrons. The van der Waals surface area contributed by atoms with Gasteiger partial charge in [0.25, 0.3) is 0 Å². The molecule has 3 rings (SSSR count). The summed E-state index contributed by atoms with van der Waals surface area (Å²) in [4.78, 5) is 12.0. The largest absolute Gasteiger partial charge is 0.493 e. The second-order valence-electron chi connectivity index (χ2n) is 5.94.